The van der Waals surface area contributed by atoms with Crippen molar-refractivity contribution in [3.63, 3.8) is 0 Å². The Balaban J connectivity index is 1.59. The van der Waals surface area contributed by atoms with Crippen LogP contribution in [-0.4, -0.2) is 59.9 Å². The van der Waals surface area contributed by atoms with Gasteiger partial charge >= 0.3 is 0 Å². The minimum Gasteiger partial charge on any atom is -0.493 e. The van der Waals surface area contributed by atoms with Crippen LogP contribution < -0.4 is 14.8 Å². The van der Waals surface area contributed by atoms with Crippen LogP contribution in [0.2, 0.25) is 5.02 Å². The van der Waals surface area contributed by atoms with Crippen LogP contribution in [0.4, 0.5) is 5.69 Å². The van der Waals surface area contributed by atoms with E-state index in [1.165, 1.54) is 6.33 Å². The van der Waals surface area contributed by atoms with Crippen LogP contribution in [0.1, 0.15) is 5.56 Å². The van der Waals surface area contributed by atoms with E-state index in [1.807, 2.05) is 30.1 Å². The first kappa shape index (κ1) is 21.6. The summed E-state index contributed by atoms with van der Waals surface area (Å²) in [5.41, 5.74) is 2.37. The fourth-order valence-corrected chi connectivity index (χ4v) is 3.18. The third kappa shape index (κ3) is 5.49. The van der Waals surface area contributed by atoms with Crippen molar-refractivity contribution in [3.8, 4) is 17.2 Å². The van der Waals surface area contributed by atoms with Gasteiger partial charge in [0.15, 0.2) is 11.5 Å². The van der Waals surface area contributed by atoms with E-state index in [2.05, 4.69) is 15.4 Å². The van der Waals surface area contributed by atoms with Crippen LogP contribution in [-0.2, 0) is 11.2 Å². The summed E-state index contributed by atoms with van der Waals surface area (Å²) < 4.78 is 12.2. The number of anilines is 1. The summed E-state index contributed by atoms with van der Waals surface area (Å²) in [7, 11) is 5.12. The van der Waals surface area contributed by atoms with E-state index < -0.39 is 0 Å². The van der Waals surface area contributed by atoms with Crippen LogP contribution in [0.15, 0.2) is 49.1 Å². The standard InChI is InChI=1S/C21H24ClN5O3/c1-26(9-8-15-4-7-19(29-2)20(10-15)30-3)12-21(28)25-17-11-16(22)5-6-18(17)27-14-23-13-24-27/h4-7,10-11,13-14H,8-9,12H2,1-3H3,(H,25,28). The summed E-state index contributed by atoms with van der Waals surface area (Å²) in [4.78, 5) is 18.5. The molecular weight excluding hydrogens is 406 g/mol. The van der Waals surface area contributed by atoms with Crippen molar-refractivity contribution in [2.45, 2.75) is 6.42 Å². The number of amides is 1. The summed E-state index contributed by atoms with van der Waals surface area (Å²) in [6, 6.07) is 11.0. The number of nitrogens with one attached hydrogen (secondary N) is 1. The Morgan fingerprint density at radius 3 is 2.67 bits per heavy atom. The third-order valence-corrected chi connectivity index (χ3v) is 4.78. The molecule has 0 unspecified atom stereocenters. The lowest BCUT2D eigenvalue weighted by Crippen LogP contribution is -2.32. The molecule has 0 aliphatic heterocycles. The molecule has 1 N–H and O–H groups in total. The lowest BCUT2D eigenvalue weighted by atomic mass is 10.1. The Morgan fingerprint density at radius 2 is 1.97 bits per heavy atom. The van der Waals surface area contributed by atoms with Crippen molar-refractivity contribution in [2.24, 2.45) is 0 Å². The van der Waals surface area contributed by atoms with Crippen molar-refractivity contribution in [1.82, 2.24) is 19.7 Å². The molecule has 0 saturated carbocycles. The van der Waals surface area contributed by atoms with E-state index in [0.717, 1.165) is 12.0 Å². The smallest absolute Gasteiger partial charge is 0.238 e. The van der Waals surface area contributed by atoms with E-state index in [4.69, 9.17) is 21.1 Å². The summed E-state index contributed by atoms with van der Waals surface area (Å²) in [5.74, 6) is 1.24. The number of likely N-dealkylation sites (N-methyl/N-ethyl adjacent to an activating group) is 1. The van der Waals surface area contributed by atoms with Gasteiger partial charge in [0.05, 0.1) is 32.1 Å². The lowest BCUT2D eigenvalue weighted by molar-refractivity contribution is -0.117. The van der Waals surface area contributed by atoms with Crippen LogP contribution in [0, 0.1) is 0 Å². The van der Waals surface area contributed by atoms with Crippen molar-refractivity contribution in [1.29, 1.82) is 0 Å². The monoisotopic (exact) mass is 429 g/mol. The molecule has 0 bridgehead atoms. The summed E-state index contributed by atoms with van der Waals surface area (Å²) >= 11 is 6.11. The number of nitrogens with zero attached hydrogens (tertiary/aromatic N) is 4. The first-order valence-electron chi connectivity index (χ1n) is 9.34. The molecule has 158 valence electrons. The molecule has 0 saturated heterocycles. The molecule has 0 aliphatic rings. The Kier molecular flexibility index (Phi) is 7.26. The van der Waals surface area contributed by atoms with Gasteiger partial charge in [-0.1, -0.05) is 17.7 Å². The van der Waals surface area contributed by atoms with E-state index in [9.17, 15) is 4.79 Å². The predicted molar refractivity (Wildman–Crippen MR) is 116 cm³/mol. The number of benzene rings is 2. The Morgan fingerprint density at radius 1 is 1.17 bits per heavy atom. The van der Waals surface area contributed by atoms with Crippen molar-refractivity contribution in [3.05, 3.63) is 59.6 Å². The zero-order valence-corrected chi connectivity index (χ0v) is 17.9. The number of aromatic nitrogens is 3. The maximum absolute atomic E-state index is 12.6. The van der Waals surface area contributed by atoms with Crippen LogP contribution in [0.5, 0.6) is 11.5 Å². The summed E-state index contributed by atoms with van der Waals surface area (Å²) in [6.45, 7) is 0.935. The van der Waals surface area contributed by atoms with E-state index in [-0.39, 0.29) is 12.5 Å². The van der Waals surface area contributed by atoms with Gasteiger partial charge < -0.3 is 14.8 Å². The summed E-state index contributed by atoms with van der Waals surface area (Å²) in [6.07, 6.45) is 3.77. The second kappa shape index (κ2) is 10.1. The number of rotatable bonds is 9. The normalized spacial score (nSPS) is 10.8. The Bertz CT molecular complexity index is 994. The number of methoxy groups -OCH3 is 2. The SMILES string of the molecule is COc1ccc(CCN(C)CC(=O)Nc2cc(Cl)ccc2-n2cncn2)cc1OC. The molecule has 3 aromatic rings. The molecule has 8 nitrogen and oxygen atoms in total. The highest BCUT2D eigenvalue weighted by Gasteiger charge is 2.13. The Hall–Kier alpha value is -3.10. The maximum atomic E-state index is 12.6. The van der Waals surface area contributed by atoms with Crippen LogP contribution in [0.3, 0.4) is 0 Å². The molecule has 0 aliphatic carbocycles. The maximum Gasteiger partial charge on any atom is 0.238 e. The van der Waals surface area contributed by atoms with E-state index in [1.54, 1.807) is 43.4 Å². The van der Waals surface area contributed by atoms with E-state index in [0.29, 0.717) is 34.4 Å². The van der Waals surface area contributed by atoms with E-state index >= 15 is 0 Å². The highest BCUT2D eigenvalue weighted by Crippen LogP contribution is 2.28. The average molecular weight is 430 g/mol. The minimum absolute atomic E-state index is 0.145. The Labute approximate surface area is 180 Å². The largest absolute Gasteiger partial charge is 0.493 e. The molecule has 1 heterocycles. The summed E-state index contributed by atoms with van der Waals surface area (Å²) in [5, 5.41) is 7.55. The molecule has 0 atom stereocenters. The zero-order chi connectivity index (χ0) is 21.5. The molecule has 2 aromatic carbocycles. The second-order valence-corrected chi connectivity index (χ2v) is 7.16. The van der Waals surface area contributed by atoms with Crippen LogP contribution in [0.25, 0.3) is 5.69 Å². The van der Waals surface area contributed by atoms with Crippen molar-refractivity contribution < 1.29 is 14.3 Å². The van der Waals surface area contributed by atoms with Gasteiger partial charge in [0.1, 0.15) is 12.7 Å². The quantitative estimate of drug-likeness (QED) is 0.563. The van der Waals surface area contributed by atoms with Crippen molar-refractivity contribution >= 4 is 23.2 Å². The number of halogens is 1. The number of hydrogen-bond acceptors (Lipinski definition) is 6. The molecule has 9 heteroatoms. The average Bonchev–Trinajstić information content (AvgIpc) is 3.26. The topological polar surface area (TPSA) is 81.5 Å². The zero-order valence-electron chi connectivity index (χ0n) is 17.1. The fraction of sp³-hybridized carbons (Fsp3) is 0.286. The molecule has 30 heavy (non-hydrogen) atoms. The molecule has 1 amide bonds. The van der Waals surface area contributed by atoms with Crippen molar-refractivity contribution in [2.75, 3.05) is 39.7 Å². The number of hydrogen-bond donors (Lipinski definition) is 1. The van der Waals surface area contributed by atoms with Gasteiger partial charge in [0.2, 0.25) is 5.91 Å². The molecule has 0 spiro atoms. The molecule has 0 radical (unpaired) electrons. The first-order chi connectivity index (χ1) is 14.5. The van der Waals surface area contributed by atoms with Gasteiger partial charge in [0, 0.05) is 11.6 Å². The van der Waals surface area contributed by atoms with Gasteiger partial charge in [-0.05, 0) is 49.4 Å². The lowest BCUT2D eigenvalue weighted by Gasteiger charge is -2.18. The number of carbonyl (C=O) groups excluding carboxylic acids is 1. The molecular formula is C21H24ClN5O3. The molecule has 1 aromatic heterocycles. The third-order valence-electron chi connectivity index (χ3n) is 4.54. The molecule has 0 fully saturated rings. The minimum atomic E-state index is -0.145. The van der Waals surface area contributed by atoms with Gasteiger partial charge in [-0.15, -0.1) is 0 Å². The number of carbonyl (C=O) groups is 1. The number of ether oxygens (including phenoxy) is 2. The van der Waals surface area contributed by atoms with Gasteiger partial charge in [-0.25, -0.2) is 9.67 Å². The predicted octanol–water partition coefficient (Wildman–Crippen LogP) is 3.05. The highest BCUT2D eigenvalue weighted by molar-refractivity contribution is 6.31. The molecule has 3 rings (SSSR count). The van der Waals surface area contributed by atoms with Gasteiger partial charge in [0.25, 0.3) is 0 Å². The first-order valence-corrected chi connectivity index (χ1v) is 9.72. The van der Waals surface area contributed by atoms with Gasteiger partial charge in [-0.2, -0.15) is 5.10 Å². The highest BCUT2D eigenvalue weighted by atomic mass is 35.5. The van der Waals surface area contributed by atoms with Crippen LogP contribution >= 0.6 is 11.6 Å². The van der Waals surface area contributed by atoms with Gasteiger partial charge in [-0.3, -0.25) is 9.69 Å². The fourth-order valence-electron chi connectivity index (χ4n) is 3.01. The second-order valence-electron chi connectivity index (χ2n) is 6.73.